The van der Waals surface area contributed by atoms with Crippen LogP contribution in [0.15, 0.2) is 5.51 Å². The molecule has 0 fully saturated rings. The fourth-order valence-electron chi connectivity index (χ4n) is 1.44. The Morgan fingerprint density at radius 2 is 2.29 bits per heavy atom. The zero-order valence-corrected chi connectivity index (χ0v) is 10.7. The predicted molar refractivity (Wildman–Crippen MR) is 65.2 cm³/mol. The zero-order chi connectivity index (χ0) is 12.8. The monoisotopic (exact) mass is 256 g/mol. The largest absolute Gasteiger partial charge is 0.481 e. The average Bonchev–Trinajstić information content (AvgIpc) is 2.69. The van der Waals surface area contributed by atoms with E-state index in [2.05, 4.69) is 10.3 Å². The minimum Gasteiger partial charge on any atom is -0.481 e. The summed E-state index contributed by atoms with van der Waals surface area (Å²) in [6.45, 7) is 4.08. The van der Waals surface area contributed by atoms with Gasteiger partial charge in [0.2, 0.25) is 0 Å². The SMILES string of the molecule is CCC(CNC(=O)c1scnc1C)CC(=O)O. The van der Waals surface area contributed by atoms with Gasteiger partial charge in [-0.05, 0) is 12.8 Å². The molecule has 0 aromatic carbocycles. The van der Waals surface area contributed by atoms with Crippen molar-refractivity contribution >= 4 is 23.2 Å². The van der Waals surface area contributed by atoms with Crippen LogP contribution in [0.3, 0.4) is 0 Å². The van der Waals surface area contributed by atoms with Gasteiger partial charge >= 0.3 is 5.97 Å². The van der Waals surface area contributed by atoms with Gasteiger partial charge in [0.15, 0.2) is 0 Å². The summed E-state index contributed by atoms with van der Waals surface area (Å²) in [7, 11) is 0. The summed E-state index contributed by atoms with van der Waals surface area (Å²) in [6, 6.07) is 0. The number of hydrogen-bond acceptors (Lipinski definition) is 4. The molecular weight excluding hydrogens is 240 g/mol. The van der Waals surface area contributed by atoms with Crippen LogP contribution in [0.2, 0.25) is 0 Å². The van der Waals surface area contributed by atoms with Crippen LogP contribution >= 0.6 is 11.3 Å². The Balaban J connectivity index is 2.47. The first-order valence-electron chi connectivity index (χ1n) is 5.44. The van der Waals surface area contributed by atoms with E-state index in [9.17, 15) is 9.59 Å². The van der Waals surface area contributed by atoms with E-state index in [4.69, 9.17) is 5.11 Å². The highest BCUT2D eigenvalue weighted by Gasteiger charge is 2.15. The molecule has 2 N–H and O–H groups in total. The summed E-state index contributed by atoms with van der Waals surface area (Å²) in [5.74, 6) is -1.03. The molecule has 1 rings (SSSR count). The van der Waals surface area contributed by atoms with Crippen molar-refractivity contribution in [2.75, 3.05) is 6.54 Å². The number of rotatable bonds is 6. The van der Waals surface area contributed by atoms with Crippen molar-refractivity contribution in [1.82, 2.24) is 10.3 Å². The zero-order valence-electron chi connectivity index (χ0n) is 9.90. The second kappa shape index (κ2) is 6.34. The molecule has 0 saturated carbocycles. The van der Waals surface area contributed by atoms with Gasteiger partial charge in [-0.3, -0.25) is 9.59 Å². The Bertz CT molecular complexity index is 403. The quantitative estimate of drug-likeness (QED) is 0.811. The molecule has 0 aliphatic heterocycles. The molecule has 0 bridgehead atoms. The fraction of sp³-hybridized carbons (Fsp3) is 0.545. The Labute approximate surface area is 104 Å². The maximum atomic E-state index is 11.7. The molecule has 0 aliphatic carbocycles. The average molecular weight is 256 g/mol. The van der Waals surface area contributed by atoms with Crippen LogP contribution in [0, 0.1) is 12.8 Å². The lowest BCUT2D eigenvalue weighted by Crippen LogP contribution is -2.30. The molecule has 1 amide bonds. The van der Waals surface area contributed by atoms with Crippen molar-refractivity contribution in [1.29, 1.82) is 0 Å². The van der Waals surface area contributed by atoms with E-state index in [0.29, 0.717) is 17.1 Å². The lowest BCUT2D eigenvalue weighted by atomic mass is 10.0. The maximum Gasteiger partial charge on any atom is 0.303 e. The second-order valence-corrected chi connectivity index (χ2v) is 4.70. The van der Waals surface area contributed by atoms with Crippen molar-refractivity contribution in [2.24, 2.45) is 5.92 Å². The van der Waals surface area contributed by atoms with Gasteiger partial charge in [-0.25, -0.2) is 4.98 Å². The van der Waals surface area contributed by atoms with Crippen LogP contribution in [0.25, 0.3) is 0 Å². The number of aromatic nitrogens is 1. The first kappa shape index (κ1) is 13.6. The van der Waals surface area contributed by atoms with Gasteiger partial charge in [-0.15, -0.1) is 11.3 Å². The van der Waals surface area contributed by atoms with Crippen molar-refractivity contribution in [3.8, 4) is 0 Å². The Hall–Kier alpha value is -1.43. The van der Waals surface area contributed by atoms with Crippen LogP contribution in [0.5, 0.6) is 0 Å². The predicted octanol–water partition coefficient (Wildman–Crippen LogP) is 1.68. The standard InChI is InChI=1S/C11H16N2O3S/c1-3-8(4-9(14)15)5-12-11(16)10-7(2)13-6-17-10/h6,8H,3-5H2,1-2H3,(H,12,16)(H,14,15). The Kier molecular flexibility index (Phi) is 5.09. The number of carboxylic acids is 1. The van der Waals surface area contributed by atoms with E-state index in [1.807, 2.05) is 6.92 Å². The molecule has 1 atom stereocenters. The number of carboxylic acid groups (broad SMARTS) is 1. The Morgan fingerprint density at radius 1 is 1.59 bits per heavy atom. The number of hydrogen-bond donors (Lipinski definition) is 2. The van der Waals surface area contributed by atoms with Crippen molar-refractivity contribution in [3.05, 3.63) is 16.1 Å². The van der Waals surface area contributed by atoms with Gasteiger partial charge in [0.1, 0.15) is 4.88 Å². The number of thiazole rings is 1. The first-order chi connectivity index (χ1) is 8.04. The summed E-state index contributed by atoms with van der Waals surface area (Å²) < 4.78 is 0. The fourth-order valence-corrected chi connectivity index (χ4v) is 2.16. The molecule has 0 aliphatic rings. The topological polar surface area (TPSA) is 79.3 Å². The van der Waals surface area contributed by atoms with Crippen molar-refractivity contribution < 1.29 is 14.7 Å². The molecule has 1 unspecified atom stereocenters. The van der Waals surface area contributed by atoms with E-state index >= 15 is 0 Å². The molecule has 6 heteroatoms. The molecule has 1 aromatic heterocycles. The maximum absolute atomic E-state index is 11.7. The smallest absolute Gasteiger partial charge is 0.303 e. The third-order valence-corrected chi connectivity index (χ3v) is 3.47. The van der Waals surface area contributed by atoms with Gasteiger partial charge in [0, 0.05) is 13.0 Å². The van der Waals surface area contributed by atoms with Crippen LogP contribution in [0.1, 0.15) is 35.1 Å². The highest BCUT2D eigenvalue weighted by Crippen LogP contribution is 2.12. The highest BCUT2D eigenvalue weighted by molar-refractivity contribution is 7.11. The molecule has 0 spiro atoms. The van der Waals surface area contributed by atoms with Gasteiger partial charge in [-0.2, -0.15) is 0 Å². The van der Waals surface area contributed by atoms with Crippen LogP contribution in [-0.2, 0) is 4.79 Å². The number of amides is 1. The number of aliphatic carboxylic acids is 1. The summed E-state index contributed by atoms with van der Waals surface area (Å²) in [4.78, 5) is 26.9. The molecule has 5 nitrogen and oxygen atoms in total. The van der Waals surface area contributed by atoms with Crippen molar-refractivity contribution in [3.63, 3.8) is 0 Å². The molecule has 0 radical (unpaired) electrons. The third kappa shape index (κ3) is 4.14. The molecular formula is C11H16N2O3S. The lowest BCUT2D eigenvalue weighted by Gasteiger charge is -2.12. The Morgan fingerprint density at radius 3 is 2.76 bits per heavy atom. The summed E-state index contributed by atoms with van der Waals surface area (Å²) in [5.41, 5.74) is 2.33. The minimum absolute atomic E-state index is 0.0234. The van der Waals surface area contributed by atoms with Crippen molar-refractivity contribution in [2.45, 2.75) is 26.7 Å². The molecule has 17 heavy (non-hydrogen) atoms. The van der Waals surface area contributed by atoms with Gasteiger partial charge in [0.25, 0.3) is 5.91 Å². The van der Waals surface area contributed by atoms with Crippen LogP contribution in [0.4, 0.5) is 0 Å². The minimum atomic E-state index is -0.833. The summed E-state index contributed by atoms with van der Waals surface area (Å²) in [5, 5.41) is 11.4. The third-order valence-electron chi connectivity index (χ3n) is 2.54. The lowest BCUT2D eigenvalue weighted by molar-refractivity contribution is -0.138. The van der Waals surface area contributed by atoms with Gasteiger partial charge < -0.3 is 10.4 Å². The number of carbonyl (C=O) groups excluding carboxylic acids is 1. The number of aryl methyl sites for hydroxylation is 1. The van der Waals surface area contributed by atoms with Gasteiger partial charge in [-0.1, -0.05) is 13.3 Å². The van der Waals surface area contributed by atoms with E-state index < -0.39 is 5.97 Å². The van der Waals surface area contributed by atoms with E-state index in [0.717, 1.165) is 6.42 Å². The number of carbonyl (C=O) groups is 2. The summed E-state index contributed by atoms with van der Waals surface area (Å²) >= 11 is 1.29. The summed E-state index contributed by atoms with van der Waals surface area (Å²) in [6.07, 6.45) is 0.812. The number of nitrogens with zero attached hydrogens (tertiary/aromatic N) is 1. The van der Waals surface area contributed by atoms with Crippen LogP contribution in [-0.4, -0.2) is 28.5 Å². The first-order valence-corrected chi connectivity index (χ1v) is 6.32. The van der Waals surface area contributed by atoms with Gasteiger partial charge in [0.05, 0.1) is 11.2 Å². The normalized spacial score (nSPS) is 12.1. The van der Waals surface area contributed by atoms with E-state index in [1.165, 1.54) is 11.3 Å². The molecule has 0 saturated heterocycles. The second-order valence-electron chi connectivity index (χ2n) is 3.85. The number of nitrogens with one attached hydrogen (secondary N) is 1. The molecule has 94 valence electrons. The molecule has 1 heterocycles. The van der Waals surface area contributed by atoms with E-state index in [1.54, 1.807) is 12.4 Å². The highest BCUT2D eigenvalue weighted by atomic mass is 32.1. The molecule has 1 aromatic rings. The van der Waals surface area contributed by atoms with Crippen LogP contribution < -0.4 is 5.32 Å². The van der Waals surface area contributed by atoms with E-state index in [-0.39, 0.29) is 18.2 Å².